The molecular formula is C14H18N4O2. The molecule has 1 atom stereocenters. The Morgan fingerprint density at radius 1 is 1.55 bits per heavy atom. The number of fused-ring (bicyclic) bond motifs is 1. The van der Waals surface area contributed by atoms with Gasteiger partial charge in [-0.2, -0.15) is 5.10 Å². The van der Waals surface area contributed by atoms with Crippen molar-refractivity contribution in [3.05, 3.63) is 24.2 Å². The van der Waals surface area contributed by atoms with E-state index in [9.17, 15) is 9.90 Å². The molecule has 3 rings (SSSR count). The molecule has 106 valence electrons. The highest BCUT2D eigenvalue weighted by atomic mass is 16.4. The summed E-state index contributed by atoms with van der Waals surface area (Å²) in [4.78, 5) is 18.2. The minimum absolute atomic E-state index is 0.568. The lowest BCUT2D eigenvalue weighted by Crippen LogP contribution is -2.50. The first-order chi connectivity index (χ1) is 9.58. The van der Waals surface area contributed by atoms with Crippen molar-refractivity contribution in [2.24, 2.45) is 0 Å². The van der Waals surface area contributed by atoms with Crippen LogP contribution in [0.25, 0.3) is 5.52 Å². The summed E-state index contributed by atoms with van der Waals surface area (Å²) < 4.78 is 1.76. The maximum absolute atomic E-state index is 11.8. The number of carboxylic acids is 1. The maximum Gasteiger partial charge on any atom is 0.329 e. The molecule has 0 aromatic carbocycles. The molecule has 0 amide bonds. The molecule has 3 heterocycles. The van der Waals surface area contributed by atoms with Crippen LogP contribution >= 0.6 is 0 Å². The zero-order chi connectivity index (χ0) is 14.3. The Morgan fingerprint density at radius 3 is 3.05 bits per heavy atom. The van der Waals surface area contributed by atoms with Gasteiger partial charge in [0.05, 0.1) is 5.69 Å². The summed E-state index contributed by atoms with van der Waals surface area (Å²) in [6, 6.07) is 1.95. The average molecular weight is 274 g/mol. The van der Waals surface area contributed by atoms with Gasteiger partial charge in [0, 0.05) is 18.9 Å². The summed E-state index contributed by atoms with van der Waals surface area (Å²) in [7, 11) is 0. The van der Waals surface area contributed by atoms with Crippen LogP contribution in [-0.4, -0.2) is 37.8 Å². The zero-order valence-corrected chi connectivity index (χ0v) is 11.7. The van der Waals surface area contributed by atoms with Gasteiger partial charge in [-0.25, -0.2) is 14.3 Å². The molecule has 20 heavy (non-hydrogen) atoms. The molecule has 6 nitrogen and oxygen atoms in total. The van der Waals surface area contributed by atoms with Crippen molar-refractivity contribution in [3.63, 3.8) is 0 Å². The number of rotatable bonds is 3. The van der Waals surface area contributed by atoms with E-state index in [4.69, 9.17) is 0 Å². The van der Waals surface area contributed by atoms with Crippen molar-refractivity contribution < 1.29 is 9.90 Å². The number of carboxylic acid groups (broad SMARTS) is 1. The van der Waals surface area contributed by atoms with Crippen LogP contribution in [0.3, 0.4) is 0 Å². The Hall–Kier alpha value is -2.11. The fourth-order valence-corrected chi connectivity index (χ4v) is 3.17. The monoisotopic (exact) mass is 274 g/mol. The summed E-state index contributed by atoms with van der Waals surface area (Å²) in [6.45, 7) is 4.57. The predicted molar refractivity (Wildman–Crippen MR) is 75.0 cm³/mol. The van der Waals surface area contributed by atoms with Gasteiger partial charge < -0.3 is 10.0 Å². The minimum atomic E-state index is -0.840. The smallest absolute Gasteiger partial charge is 0.329 e. The Bertz CT molecular complexity index is 666. The highest BCUT2D eigenvalue weighted by molar-refractivity contribution is 5.86. The van der Waals surface area contributed by atoms with E-state index < -0.39 is 11.5 Å². The van der Waals surface area contributed by atoms with Crippen molar-refractivity contribution >= 4 is 17.3 Å². The van der Waals surface area contributed by atoms with Gasteiger partial charge in [0.1, 0.15) is 11.1 Å². The van der Waals surface area contributed by atoms with E-state index in [1.54, 1.807) is 16.9 Å². The lowest BCUT2D eigenvalue weighted by atomic mass is 9.93. The van der Waals surface area contributed by atoms with Gasteiger partial charge in [-0.3, -0.25) is 0 Å². The number of aliphatic carboxylic acids is 1. The van der Waals surface area contributed by atoms with Gasteiger partial charge in [-0.1, -0.05) is 6.92 Å². The molecule has 0 aliphatic carbocycles. The molecule has 1 unspecified atom stereocenters. The molecule has 0 spiro atoms. The van der Waals surface area contributed by atoms with E-state index >= 15 is 0 Å². The second-order valence-corrected chi connectivity index (χ2v) is 5.31. The Kier molecular flexibility index (Phi) is 2.88. The molecule has 2 aromatic rings. The van der Waals surface area contributed by atoms with Crippen molar-refractivity contribution in [1.82, 2.24) is 14.6 Å². The van der Waals surface area contributed by atoms with Crippen molar-refractivity contribution in [2.75, 3.05) is 11.4 Å². The molecule has 1 N–H and O–H groups in total. The topological polar surface area (TPSA) is 70.7 Å². The molecule has 0 radical (unpaired) electrons. The molecule has 2 aromatic heterocycles. The summed E-state index contributed by atoms with van der Waals surface area (Å²) in [5, 5.41) is 14.0. The fourth-order valence-electron chi connectivity index (χ4n) is 3.17. The number of carbonyl (C=O) groups is 1. The largest absolute Gasteiger partial charge is 0.479 e. The van der Waals surface area contributed by atoms with Crippen LogP contribution in [0.4, 0.5) is 5.82 Å². The standard InChI is InChI=1S/C14H18N4O2/c1-3-14(13(19)20)5-4-7-17(14)12-11-9-10(2)16-18(11)8-6-15-12/h6,8-9H,3-5,7H2,1-2H3,(H,19,20). The number of nitrogens with zero attached hydrogens (tertiary/aromatic N) is 4. The average Bonchev–Trinajstić information content (AvgIpc) is 3.00. The third-order valence-electron chi connectivity index (χ3n) is 4.22. The number of hydrogen-bond donors (Lipinski definition) is 1. The number of aromatic nitrogens is 3. The Balaban J connectivity index is 2.17. The molecule has 0 bridgehead atoms. The van der Waals surface area contributed by atoms with Crippen LogP contribution in [0.5, 0.6) is 0 Å². The lowest BCUT2D eigenvalue weighted by Gasteiger charge is -2.34. The van der Waals surface area contributed by atoms with Gasteiger partial charge in [-0.15, -0.1) is 0 Å². The second kappa shape index (κ2) is 4.47. The Morgan fingerprint density at radius 2 is 2.35 bits per heavy atom. The first kappa shape index (κ1) is 12.9. The number of hydrogen-bond acceptors (Lipinski definition) is 4. The highest BCUT2D eigenvalue weighted by Crippen LogP contribution is 2.37. The minimum Gasteiger partial charge on any atom is -0.479 e. The van der Waals surface area contributed by atoms with Crippen LogP contribution in [0.15, 0.2) is 18.5 Å². The SMILES string of the molecule is CCC1(C(=O)O)CCCN1c1nccn2nc(C)cc12. The van der Waals surface area contributed by atoms with Crippen LogP contribution in [-0.2, 0) is 4.79 Å². The third kappa shape index (κ3) is 1.67. The summed E-state index contributed by atoms with van der Waals surface area (Å²) in [6.07, 6.45) is 5.56. The van der Waals surface area contributed by atoms with Crippen molar-refractivity contribution in [2.45, 2.75) is 38.6 Å². The van der Waals surface area contributed by atoms with Crippen LogP contribution in [0.2, 0.25) is 0 Å². The van der Waals surface area contributed by atoms with Crippen LogP contribution in [0.1, 0.15) is 31.9 Å². The fraction of sp³-hybridized carbons (Fsp3) is 0.500. The molecular weight excluding hydrogens is 256 g/mol. The van der Waals surface area contributed by atoms with Gasteiger partial charge >= 0.3 is 5.97 Å². The summed E-state index contributed by atoms with van der Waals surface area (Å²) >= 11 is 0. The molecule has 1 fully saturated rings. The van der Waals surface area contributed by atoms with E-state index in [1.807, 2.05) is 24.8 Å². The third-order valence-corrected chi connectivity index (χ3v) is 4.22. The van der Waals surface area contributed by atoms with Gasteiger partial charge in [-0.05, 0) is 32.3 Å². The van der Waals surface area contributed by atoms with E-state index in [-0.39, 0.29) is 0 Å². The second-order valence-electron chi connectivity index (χ2n) is 5.31. The van der Waals surface area contributed by atoms with Crippen LogP contribution < -0.4 is 4.90 Å². The molecule has 1 aliphatic rings. The number of anilines is 1. The molecule has 1 aliphatic heterocycles. The van der Waals surface area contributed by atoms with E-state index in [1.165, 1.54) is 0 Å². The first-order valence-corrected chi connectivity index (χ1v) is 6.90. The summed E-state index contributed by atoms with van der Waals surface area (Å²) in [5.41, 5.74) is 0.925. The highest BCUT2D eigenvalue weighted by Gasteiger charge is 2.47. The predicted octanol–water partition coefficient (Wildman–Crippen LogP) is 1.87. The van der Waals surface area contributed by atoms with E-state index in [2.05, 4.69) is 10.1 Å². The number of aryl methyl sites for hydroxylation is 1. The van der Waals surface area contributed by atoms with Gasteiger partial charge in [0.25, 0.3) is 0 Å². The van der Waals surface area contributed by atoms with E-state index in [0.29, 0.717) is 12.8 Å². The maximum atomic E-state index is 11.8. The molecule has 6 heteroatoms. The first-order valence-electron chi connectivity index (χ1n) is 6.90. The lowest BCUT2D eigenvalue weighted by molar-refractivity contribution is -0.143. The van der Waals surface area contributed by atoms with Gasteiger partial charge in [0.2, 0.25) is 0 Å². The van der Waals surface area contributed by atoms with E-state index in [0.717, 1.165) is 30.0 Å². The zero-order valence-electron chi connectivity index (χ0n) is 11.7. The molecule has 1 saturated heterocycles. The Labute approximate surface area is 117 Å². The van der Waals surface area contributed by atoms with Gasteiger partial charge in [0.15, 0.2) is 5.82 Å². The van der Waals surface area contributed by atoms with Crippen molar-refractivity contribution in [1.29, 1.82) is 0 Å². The molecule has 0 saturated carbocycles. The quantitative estimate of drug-likeness (QED) is 0.925. The van der Waals surface area contributed by atoms with Crippen molar-refractivity contribution in [3.8, 4) is 0 Å². The van der Waals surface area contributed by atoms with Crippen LogP contribution in [0, 0.1) is 6.92 Å². The summed E-state index contributed by atoms with van der Waals surface area (Å²) in [5.74, 6) is -0.0487. The normalized spacial score (nSPS) is 22.6.